The first kappa shape index (κ1) is 26.0. The van der Waals surface area contributed by atoms with Crippen molar-refractivity contribution in [1.29, 1.82) is 0 Å². The van der Waals surface area contributed by atoms with Gasteiger partial charge in [0.05, 0.1) is 11.1 Å². The Balaban J connectivity index is 2.03. The van der Waals surface area contributed by atoms with E-state index in [-0.39, 0.29) is 28.7 Å². The highest BCUT2D eigenvalue weighted by Crippen LogP contribution is 2.34. The number of aliphatic carboxylic acids is 1. The van der Waals surface area contributed by atoms with Gasteiger partial charge in [-0.15, -0.1) is 0 Å². The minimum atomic E-state index is -4.48. The molecule has 1 amide bonds. The molecule has 0 aliphatic heterocycles. The lowest BCUT2D eigenvalue weighted by Crippen LogP contribution is -2.49. The molecule has 0 unspecified atom stereocenters. The van der Waals surface area contributed by atoms with Crippen LogP contribution >= 0.6 is 0 Å². The molecule has 0 saturated carbocycles. The molecule has 0 fully saturated rings. The van der Waals surface area contributed by atoms with E-state index in [1.54, 1.807) is 33.8 Å². The average Bonchev–Trinajstić information content (AvgIpc) is 2.74. The second kappa shape index (κ2) is 9.56. The number of nitrogens with one attached hydrogen (secondary N) is 1. The Labute approximate surface area is 199 Å². The zero-order chi connectivity index (χ0) is 26.1. The number of benzene rings is 3. The van der Waals surface area contributed by atoms with Crippen molar-refractivity contribution in [3.8, 4) is 5.75 Å². The van der Waals surface area contributed by atoms with Crippen LogP contribution in [0.2, 0.25) is 0 Å². The highest BCUT2D eigenvalue weighted by atomic mass is 19.4. The SMILES string of the molecule is Cc1cc(F)c2ccc(C(=O)N[C@H](C(=O)O)C(C)(C)C)c(OCc3ccc(C(F)(F)F)cc3)c2c1. The number of ether oxygens (including phenoxy) is 1. The first-order chi connectivity index (χ1) is 16.2. The molecule has 0 aromatic heterocycles. The van der Waals surface area contributed by atoms with Crippen molar-refractivity contribution in [3.63, 3.8) is 0 Å². The number of carbonyl (C=O) groups is 2. The van der Waals surface area contributed by atoms with Gasteiger partial charge in [0.25, 0.3) is 5.91 Å². The number of halogens is 4. The number of hydrogen-bond acceptors (Lipinski definition) is 3. The van der Waals surface area contributed by atoms with Gasteiger partial charge in [-0.05, 0) is 53.8 Å². The van der Waals surface area contributed by atoms with Gasteiger partial charge in [-0.25, -0.2) is 9.18 Å². The minimum absolute atomic E-state index is 0.000505. The summed E-state index contributed by atoms with van der Waals surface area (Å²) in [5.41, 5.74) is -0.684. The van der Waals surface area contributed by atoms with Crippen LogP contribution in [0.5, 0.6) is 5.75 Å². The van der Waals surface area contributed by atoms with Crippen LogP contribution in [-0.2, 0) is 17.6 Å². The maximum absolute atomic E-state index is 14.6. The molecule has 0 saturated heterocycles. The zero-order valence-corrected chi connectivity index (χ0v) is 19.6. The predicted octanol–water partition coefficient (Wildman–Crippen LogP) is 6.11. The smallest absolute Gasteiger partial charge is 0.416 e. The third kappa shape index (κ3) is 5.90. The van der Waals surface area contributed by atoms with Crippen LogP contribution in [0.15, 0.2) is 48.5 Å². The molecule has 0 aliphatic rings. The third-order valence-electron chi connectivity index (χ3n) is 5.48. The van der Waals surface area contributed by atoms with Crippen LogP contribution in [-0.4, -0.2) is 23.0 Å². The van der Waals surface area contributed by atoms with Gasteiger partial charge in [0.2, 0.25) is 0 Å². The average molecular weight is 491 g/mol. The summed E-state index contributed by atoms with van der Waals surface area (Å²) >= 11 is 0. The van der Waals surface area contributed by atoms with Crippen molar-refractivity contribution in [2.45, 2.75) is 46.5 Å². The van der Waals surface area contributed by atoms with Gasteiger partial charge >= 0.3 is 12.1 Å². The van der Waals surface area contributed by atoms with Crippen molar-refractivity contribution < 1.29 is 37.0 Å². The maximum Gasteiger partial charge on any atom is 0.416 e. The summed E-state index contributed by atoms with van der Waals surface area (Å²) < 4.78 is 59.0. The molecule has 0 aliphatic carbocycles. The first-order valence-corrected chi connectivity index (χ1v) is 10.7. The molecular weight excluding hydrogens is 466 g/mol. The summed E-state index contributed by atoms with van der Waals surface area (Å²) in [6, 6.07) is 8.79. The van der Waals surface area contributed by atoms with E-state index in [4.69, 9.17) is 4.74 Å². The van der Waals surface area contributed by atoms with E-state index in [9.17, 15) is 32.3 Å². The number of rotatable bonds is 6. The molecule has 0 radical (unpaired) electrons. The second-order valence-corrected chi connectivity index (χ2v) is 9.38. The molecule has 5 nitrogen and oxygen atoms in total. The number of carboxylic acids is 1. The Kier molecular flexibility index (Phi) is 7.10. The van der Waals surface area contributed by atoms with E-state index < -0.39 is 40.9 Å². The molecule has 3 aromatic rings. The fourth-order valence-corrected chi connectivity index (χ4v) is 3.64. The lowest BCUT2D eigenvalue weighted by molar-refractivity contribution is -0.142. The van der Waals surface area contributed by atoms with Gasteiger partial charge in [-0.2, -0.15) is 13.2 Å². The van der Waals surface area contributed by atoms with E-state index in [0.29, 0.717) is 11.1 Å². The van der Waals surface area contributed by atoms with Crippen molar-refractivity contribution in [2.24, 2.45) is 5.41 Å². The standard InChI is InChI=1S/C26H25F4NO4/c1-14-11-19-17(20(27)12-14)9-10-18(23(32)31-22(24(33)34)25(2,3)4)21(19)35-13-15-5-7-16(8-6-15)26(28,29)30/h5-12,22H,13H2,1-4H3,(H,31,32)(H,33,34)/t22-/m1/s1. The molecule has 2 N–H and O–H groups in total. The summed E-state index contributed by atoms with van der Waals surface area (Å²) in [6.07, 6.45) is -4.48. The zero-order valence-electron chi connectivity index (χ0n) is 19.6. The molecule has 0 bridgehead atoms. The normalized spacial score (nSPS) is 12.9. The minimum Gasteiger partial charge on any atom is -0.487 e. The molecular formula is C26H25F4NO4. The fourth-order valence-electron chi connectivity index (χ4n) is 3.64. The Morgan fingerprint density at radius 3 is 2.17 bits per heavy atom. The summed E-state index contributed by atoms with van der Waals surface area (Å²) in [5.74, 6) is -2.50. The number of aryl methyl sites for hydroxylation is 1. The number of carboxylic acid groups (broad SMARTS) is 1. The highest BCUT2D eigenvalue weighted by Gasteiger charge is 2.34. The number of amides is 1. The molecule has 1 atom stereocenters. The van der Waals surface area contributed by atoms with Crippen LogP contribution in [0, 0.1) is 18.2 Å². The van der Waals surface area contributed by atoms with Crippen LogP contribution in [0.25, 0.3) is 10.8 Å². The van der Waals surface area contributed by atoms with Gasteiger partial charge in [0.15, 0.2) is 0 Å². The lowest BCUT2D eigenvalue weighted by atomic mass is 9.86. The lowest BCUT2D eigenvalue weighted by Gasteiger charge is -2.28. The summed E-state index contributed by atoms with van der Waals surface area (Å²) in [4.78, 5) is 24.9. The molecule has 186 valence electrons. The number of carbonyl (C=O) groups excluding carboxylic acids is 1. The summed E-state index contributed by atoms with van der Waals surface area (Å²) in [6.45, 7) is 6.44. The van der Waals surface area contributed by atoms with E-state index in [0.717, 1.165) is 12.1 Å². The van der Waals surface area contributed by atoms with Crippen LogP contribution in [0.3, 0.4) is 0 Å². The van der Waals surface area contributed by atoms with Gasteiger partial charge in [0, 0.05) is 10.8 Å². The topological polar surface area (TPSA) is 75.6 Å². The van der Waals surface area contributed by atoms with Gasteiger partial charge in [-0.1, -0.05) is 39.0 Å². The van der Waals surface area contributed by atoms with E-state index in [1.807, 2.05) is 0 Å². The Morgan fingerprint density at radius 2 is 1.63 bits per heavy atom. The van der Waals surface area contributed by atoms with Gasteiger partial charge < -0.3 is 15.2 Å². The second-order valence-electron chi connectivity index (χ2n) is 9.38. The molecule has 35 heavy (non-hydrogen) atoms. The molecule has 3 rings (SSSR count). The largest absolute Gasteiger partial charge is 0.487 e. The Hall–Kier alpha value is -3.62. The monoisotopic (exact) mass is 491 g/mol. The van der Waals surface area contributed by atoms with Crippen LogP contribution in [0.1, 0.15) is 47.8 Å². The first-order valence-electron chi connectivity index (χ1n) is 10.7. The molecule has 0 heterocycles. The predicted molar refractivity (Wildman–Crippen MR) is 123 cm³/mol. The summed E-state index contributed by atoms with van der Waals surface area (Å²) in [7, 11) is 0. The van der Waals surface area contributed by atoms with E-state index in [2.05, 4.69) is 5.32 Å². The van der Waals surface area contributed by atoms with Crippen LogP contribution < -0.4 is 10.1 Å². The molecule has 3 aromatic carbocycles. The van der Waals surface area contributed by atoms with Crippen molar-refractivity contribution in [1.82, 2.24) is 5.32 Å². The van der Waals surface area contributed by atoms with Crippen LogP contribution in [0.4, 0.5) is 17.6 Å². The van der Waals surface area contributed by atoms with Gasteiger partial charge in [-0.3, -0.25) is 4.79 Å². The highest BCUT2D eigenvalue weighted by molar-refractivity contribution is 6.05. The summed E-state index contributed by atoms with van der Waals surface area (Å²) in [5, 5.41) is 12.5. The molecule has 9 heteroatoms. The van der Waals surface area contributed by atoms with Crippen molar-refractivity contribution in [2.75, 3.05) is 0 Å². The van der Waals surface area contributed by atoms with Crippen molar-refractivity contribution in [3.05, 3.63) is 76.6 Å². The Morgan fingerprint density at radius 1 is 1.00 bits per heavy atom. The number of hydrogen-bond donors (Lipinski definition) is 2. The quantitative estimate of drug-likeness (QED) is 0.408. The van der Waals surface area contributed by atoms with E-state index in [1.165, 1.54) is 30.3 Å². The van der Waals surface area contributed by atoms with Gasteiger partial charge in [0.1, 0.15) is 24.2 Å². The Bertz CT molecular complexity index is 1260. The number of alkyl halides is 3. The van der Waals surface area contributed by atoms with Crippen molar-refractivity contribution >= 4 is 22.6 Å². The fraction of sp³-hybridized carbons (Fsp3) is 0.308. The maximum atomic E-state index is 14.6. The molecule has 0 spiro atoms. The third-order valence-corrected chi connectivity index (χ3v) is 5.48. The van der Waals surface area contributed by atoms with E-state index >= 15 is 0 Å². The number of fused-ring (bicyclic) bond motifs is 1.